The molecule has 0 aliphatic carbocycles. The van der Waals surface area contributed by atoms with Crippen LogP contribution in [-0.2, 0) is 6.18 Å². The second-order valence-electron chi connectivity index (χ2n) is 4.82. The molecule has 0 aromatic heterocycles. The summed E-state index contributed by atoms with van der Waals surface area (Å²) in [5.41, 5.74) is 1.32. The topological polar surface area (TPSA) is 12.0 Å². The lowest BCUT2D eigenvalue weighted by Gasteiger charge is -2.22. The number of nitrogens with one attached hydrogen (secondary N) is 1. The van der Waals surface area contributed by atoms with Gasteiger partial charge in [-0.05, 0) is 42.7 Å². The van der Waals surface area contributed by atoms with Crippen LogP contribution in [0.25, 0.3) is 5.57 Å². The molecule has 0 saturated heterocycles. The molecule has 4 heteroatoms. The van der Waals surface area contributed by atoms with E-state index in [0.29, 0.717) is 6.42 Å². The maximum Gasteiger partial charge on any atom is 0.416 e. The van der Waals surface area contributed by atoms with E-state index in [-0.39, 0.29) is 6.04 Å². The lowest BCUT2D eigenvalue weighted by atomic mass is 9.95. The van der Waals surface area contributed by atoms with Crippen LogP contribution in [0, 0.1) is 12.3 Å². The predicted octanol–water partition coefficient (Wildman–Crippen LogP) is 3.86. The molecule has 2 rings (SSSR count). The Labute approximate surface area is 116 Å². The Morgan fingerprint density at radius 2 is 1.95 bits per heavy atom. The zero-order valence-electron chi connectivity index (χ0n) is 11.0. The molecule has 1 aromatic carbocycles. The van der Waals surface area contributed by atoms with Crippen LogP contribution in [-0.4, -0.2) is 12.6 Å². The van der Waals surface area contributed by atoms with E-state index in [2.05, 4.69) is 17.3 Å². The number of rotatable bonds is 3. The van der Waals surface area contributed by atoms with E-state index in [0.717, 1.165) is 42.7 Å². The fourth-order valence-corrected chi connectivity index (χ4v) is 2.32. The Morgan fingerprint density at radius 3 is 2.55 bits per heavy atom. The molecule has 1 heterocycles. The second-order valence-corrected chi connectivity index (χ2v) is 4.82. The fraction of sp³-hybridized carbons (Fsp3) is 0.375. The van der Waals surface area contributed by atoms with Crippen LogP contribution < -0.4 is 5.32 Å². The molecule has 0 spiro atoms. The summed E-state index contributed by atoms with van der Waals surface area (Å²) in [7, 11) is 0. The van der Waals surface area contributed by atoms with Crippen LogP contribution in [0.1, 0.15) is 30.4 Å². The van der Waals surface area contributed by atoms with Crippen molar-refractivity contribution in [1.82, 2.24) is 5.32 Å². The first-order valence-electron chi connectivity index (χ1n) is 6.56. The predicted molar refractivity (Wildman–Crippen MR) is 73.9 cm³/mol. The van der Waals surface area contributed by atoms with E-state index in [9.17, 15) is 13.2 Å². The molecule has 106 valence electrons. The summed E-state index contributed by atoms with van der Waals surface area (Å²) < 4.78 is 37.6. The van der Waals surface area contributed by atoms with Gasteiger partial charge in [-0.15, -0.1) is 12.3 Å². The Balaban J connectivity index is 2.14. The smallest absolute Gasteiger partial charge is 0.310 e. The van der Waals surface area contributed by atoms with Crippen LogP contribution in [0.2, 0.25) is 0 Å². The van der Waals surface area contributed by atoms with Crippen molar-refractivity contribution in [3.63, 3.8) is 0 Å². The lowest BCUT2D eigenvalue weighted by molar-refractivity contribution is -0.137. The van der Waals surface area contributed by atoms with E-state index in [1.165, 1.54) is 12.1 Å². The molecule has 0 fully saturated rings. The Hall–Kier alpha value is -1.73. The van der Waals surface area contributed by atoms with Gasteiger partial charge in [-0.1, -0.05) is 18.2 Å². The number of hydrogen-bond donors (Lipinski definition) is 1. The number of benzene rings is 1. The van der Waals surface area contributed by atoms with Gasteiger partial charge in [-0.3, -0.25) is 0 Å². The van der Waals surface area contributed by atoms with Crippen LogP contribution in [0.3, 0.4) is 0 Å². The van der Waals surface area contributed by atoms with Crippen molar-refractivity contribution < 1.29 is 13.2 Å². The molecule has 1 aromatic rings. The Morgan fingerprint density at radius 1 is 1.25 bits per heavy atom. The molecule has 1 atom stereocenters. The molecule has 20 heavy (non-hydrogen) atoms. The van der Waals surface area contributed by atoms with Gasteiger partial charge in [0.15, 0.2) is 0 Å². The number of hydrogen-bond acceptors (Lipinski definition) is 1. The van der Waals surface area contributed by atoms with Crippen molar-refractivity contribution in [2.75, 3.05) is 6.54 Å². The highest BCUT2D eigenvalue weighted by atomic mass is 19.4. The molecule has 0 saturated carbocycles. The molecule has 0 bridgehead atoms. The summed E-state index contributed by atoms with van der Waals surface area (Å²) in [6.07, 6.45) is 5.39. The molecule has 1 aliphatic heterocycles. The molecule has 0 amide bonds. The largest absolute Gasteiger partial charge is 0.416 e. The minimum Gasteiger partial charge on any atom is -0.310 e. The van der Waals surface area contributed by atoms with Crippen molar-refractivity contribution in [2.45, 2.75) is 31.5 Å². The van der Waals surface area contributed by atoms with E-state index in [1.54, 1.807) is 0 Å². The van der Waals surface area contributed by atoms with E-state index >= 15 is 0 Å². The maximum atomic E-state index is 12.5. The van der Waals surface area contributed by atoms with Crippen molar-refractivity contribution in [3.8, 4) is 12.3 Å². The maximum absolute atomic E-state index is 12.5. The number of alkyl halides is 3. The minimum absolute atomic E-state index is 0.206. The molecular formula is C16H16F3N. The third kappa shape index (κ3) is 3.64. The van der Waals surface area contributed by atoms with Crippen LogP contribution in [0.15, 0.2) is 30.3 Å². The summed E-state index contributed by atoms with van der Waals surface area (Å²) in [6.45, 7) is 0.822. The molecule has 1 aliphatic rings. The third-order valence-electron chi connectivity index (χ3n) is 3.39. The summed E-state index contributed by atoms with van der Waals surface area (Å²) in [4.78, 5) is 0. The van der Waals surface area contributed by atoms with Gasteiger partial charge >= 0.3 is 6.18 Å². The molecular weight excluding hydrogens is 263 g/mol. The SMILES string of the molecule is C#CCCC1C=C(c2ccc(C(F)(F)F)cc2)CCN1. The monoisotopic (exact) mass is 279 g/mol. The van der Waals surface area contributed by atoms with E-state index in [1.807, 2.05) is 0 Å². The average molecular weight is 279 g/mol. The second kappa shape index (κ2) is 6.15. The van der Waals surface area contributed by atoms with Gasteiger partial charge in [-0.2, -0.15) is 13.2 Å². The van der Waals surface area contributed by atoms with E-state index in [4.69, 9.17) is 6.42 Å². The highest BCUT2D eigenvalue weighted by molar-refractivity contribution is 5.67. The van der Waals surface area contributed by atoms with Gasteiger partial charge in [0.25, 0.3) is 0 Å². The number of halogens is 3. The zero-order chi connectivity index (χ0) is 14.6. The summed E-state index contributed by atoms with van der Waals surface area (Å²) in [5, 5.41) is 3.34. The van der Waals surface area contributed by atoms with Gasteiger partial charge < -0.3 is 5.32 Å². The number of terminal acetylenes is 1. The Bertz CT molecular complexity index is 520. The van der Waals surface area contributed by atoms with Crippen molar-refractivity contribution in [2.24, 2.45) is 0 Å². The standard InChI is InChI=1S/C16H16F3N/c1-2-3-4-15-11-13(9-10-20-15)12-5-7-14(8-6-12)16(17,18)19/h1,5-8,11,15,20H,3-4,9-10H2. The van der Waals surface area contributed by atoms with Gasteiger partial charge in [0.05, 0.1) is 5.56 Å². The summed E-state index contributed by atoms with van der Waals surface area (Å²) in [5.74, 6) is 2.60. The highest BCUT2D eigenvalue weighted by Crippen LogP contribution is 2.31. The van der Waals surface area contributed by atoms with Crippen molar-refractivity contribution in [3.05, 3.63) is 41.5 Å². The quantitative estimate of drug-likeness (QED) is 0.828. The van der Waals surface area contributed by atoms with Gasteiger partial charge in [-0.25, -0.2) is 0 Å². The first-order chi connectivity index (χ1) is 9.50. The first-order valence-corrected chi connectivity index (χ1v) is 6.56. The zero-order valence-corrected chi connectivity index (χ0v) is 11.0. The molecule has 1 N–H and O–H groups in total. The summed E-state index contributed by atoms with van der Waals surface area (Å²) in [6, 6.07) is 5.55. The third-order valence-corrected chi connectivity index (χ3v) is 3.39. The lowest BCUT2D eigenvalue weighted by Crippen LogP contribution is -2.31. The average Bonchev–Trinajstić information content (AvgIpc) is 2.45. The molecule has 0 radical (unpaired) electrons. The Kier molecular flexibility index (Phi) is 4.51. The van der Waals surface area contributed by atoms with Gasteiger partial charge in [0.1, 0.15) is 0 Å². The molecule has 1 nitrogen and oxygen atoms in total. The van der Waals surface area contributed by atoms with Gasteiger partial charge in [0.2, 0.25) is 0 Å². The van der Waals surface area contributed by atoms with Crippen molar-refractivity contribution >= 4 is 5.57 Å². The molecule has 1 unspecified atom stereocenters. The first kappa shape index (κ1) is 14.7. The van der Waals surface area contributed by atoms with Crippen LogP contribution >= 0.6 is 0 Å². The minimum atomic E-state index is -4.28. The fourth-order valence-electron chi connectivity index (χ4n) is 2.32. The normalized spacial score (nSPS) is 19.3. The highest BCUT2D eigenvalue weighted by Gasteiger charge is 2.30. The van der Waals surface area contributed by atoms with E-state index < -0.39 is 11.7 Å². The van der Waals surface area contributed by atoms with Gasteiger partial charge in [0, 0.05) is 12.5 Å². The van der Waals surface area contributed by atoms with Crippen LogP contribution in [0.4, 0.5) is 13.2 Å². The van der Waals surface area contributed by atoms with Crippen molar-refractivity contribution in [1.29, 1.82) is 0 Å². The summed E-state index contributed by atoms with van der Waals surface area (Å²) >= 11 is 0. The van der Waals surface area contributed by atoms with Crippen LogP contribution in [0.5, 0.6) is 0 Å².